The van der Waals surface area contributed by atoms with E-state index in [1.807, 2.05) is 45.0 Å². The first-order chi connectivity index (χ1) is 8.90. The third-order valence-electron chi connectivity index (χ3n) is 2.92. The zero-order valence-electron chi connectivity index (χ0n) is 12.1. The van der Waals surface area contributed by atoms with Crippen LogP contribution in [0.15, 0.2) is 18.3 Å². The maximum Gasteiger partial charge on any atom is 0.222 e. The fraction of sp³-hybridized carbons (Fsp3) is 0.571. The number of anilines is 1. The summed E-state index contributed by atoms with van der Waals surface area (Å²) in [6, 6.07) is 3.80. The van der Waals surface area contributed by atoms with Crippen molar-refractivity contribution in [2.75, 3.05) is 19.0 Å². The van der Waals surface area contributed by atoms with Crippen molar-refractivity contribution in [3.63, 3.8) is 0 Å². The number of pyridine rings is 1. The minimum Gasteiger partial charge on any atom is -0.392 e. The SMILES string of the molecule is CC(C)C(O)CC(=O)NCc1ccnc(N(C)C)c1. The Morgan fingerprint density at radius 2 is 2.16 bits per heavy atom. The van der Waals surface area contributed by atoms with Crippen molar-refractivity contribution in [2.24, 2.45) is 5.92 Å². The molecular weight excluding hydrogens is 242 g/mol. The van der Waals surface area contributed by atoms with Gasteiger partial charge in [0.25, 0.3) is 0 Å². The molecule has 0 saturated heterocycles. The van der Waals surface area contributed by atoms with Gasteiger partial charge < -0.3 is 15.3 Å². The number of carbonyl (C=O) groups is 1. The van der Waals surface area contributed by atoms with E-state index in [1.165, 1.54) is 0 Å². The fourth-order valence-electron chi connectivity index (χ4n) is 1.51. The fourth-order valence-corrected chi connectivity index (χ4v) is 1.51. The monoisotopic (exact) mass is 265 g/mol. The van der Waals surface area contributed by atoms with Gasteiger partial charge in [-0.15, -0.1) is 0 Å². The first-order valence-corrected chi connectivity index (χ1v) is 6.47. The second-order valence-electron chi connectivity index (χ2n) is 5.21. The molecule has 1 heterocycles. The average molecular weight is 265 g/mol. The molecule has 0 fully saturated rings. The van der Waals surface area contributed by atoms with Gasteiger partial charge in [0.1, 0.15) is 5.82 Å². The maximum absolute atomic E-state index is 11.7. The highest BCUT2D eigenvalue weighted by atomic mass is 16.3. The van der Waals surface area contributed by atoms with Crippen LogP contribution in [0.4, 0.5) is 5.82 Å². The number of carbonyl (C=O) groups excluding carboxylic acids is 1. The van der Waals surface area contributed by atoms with Gasteiger partial charge in [0.05, 0.1) is 12.5 Å². The van der Waals surface area contributed by atoms with Crippen molar-refractivity contribution in [2.45, 2.75) is 32.9 Å². The van der Waals surface area contributed by atoms with Crippen molar-refractivity contribution in [1.29, 1.82) is 0 Å². The molecule has 1 aromatic heterocycles. The highest BCUT2D eigenvalue weighted by molar-refractivity contribution is 5.76. The molecule has 0 aliphatic heterocycles. The van der Waals surface area contributed by atoms with E-state index in [4.69, 9.17) is 0 Å². The van der Waals surface area contributed by atoms with E-state index in [9.17, 15) is 9.90 Å². The summed E-state index contributed by atoms with van der Waals surface area (Å²) in [4.78, 5) is 17.8. The smallest absolute Gasteiger partial charge is 0.222 e. The molecule has 5 nitrogen and oxygen atoms in total. The van der Waals surface area contributed by atoms with Crippen molar-refractivity contribution < 1.29 is 9.90 Å². The van der Waals surface area contributed by atoms with Gasteiger partial charge in [0.2, 0.25) is 5.91 Å². The molecule has 1 unspecified atom stereocenters. The number of amides is 1. The topological polar surface area (TPSA) is 65.5 Å². The molecule has 106 valence electrons. The summed E-state index contributed by atoms with van der Waals surface area (Å²) in [5, 5.41) is 12.4. The van der Waals surface area contributed by atoms with Crippen molar-refractivity contribution in [3.8, 4) is 0 Å². The largest absolute Gasteiger partial charge is 0.392 e. The van der Waals surface area contributed by atoms with Gasteiger partial charge in [0, 0.05) is 26.8 Å². The zero-order chi connectivity index (χ0) is 14.4. The number of aliphatic hydroxyl groups excluding tert-OH is 1. The molecule has 0 spiro atoms. The van der Waals surface area contributed by atoms with Crippen LogP contribution in [0, 0.1) is 5.92 Å². The van der Waals surface area contributed by atoms with Crippen molar-refractivity contribution in [1.82, 2.24) is 10.3 Å². The third-order valence-corrected chi connectivity index (χ3v) is 2.92. The molecule has 1 aromatic rings. The van der Waals surface area contributed by atoms with Crippen LogP contribution < -0.4 is 10.2 Å². The first-order valence-electron chi connectivity index (χ1n) is 6.47. The first kappa shape index (κ1) is 15.4. The van der Waals surface area contributed by atoms with Crippen LogP contribution >= 0.6 is 0 Å². The van der Waals surface area contributed by atoms with Crippen molar-refractivity contribution in [3.05, 3.63) is 23.9 Å². The lowest BCUT2D eigenvalue weighted by atomic mass is 10.0. The van der Waals surface area contributed by atoms with Crippen LogP contribution in [-0.4, -0.2) is 36.2 Å². The highest BCUT2D eigenvalue weighted by Gasteiger charge is 2.13. The number of hydrogen-bond acceptors (Lipinski definition) is 4. The Labute approximate surface area is 114 Å². The molecule has 1 atom stereocenters. The Kier molecular flexibility index (Phi) is 5.76. The number of aliphatic hydroxyl groups is 1. The van der Waals surface area contributed by atoms with Gasteiger partial charge in [-0.2, -0.15) is 0 Å². The van der Waals surface area contributed by atoms with Crippen LogP contribution in [0.3, 0.4) is 0 Å². The van der Waals surface area contributed by atoms with Crippen LogP contribution in [0.5, 0.6) is 0 Å². The Balaban J connectivity index is 2.48. The van der Waals surface area contributed by atoms with Crippen LogP contribution in [0.2, 0.25) is 0 Å². The second-order valence-corrected chi connectivity index (χ2v) is 5.21. The summed E-state index contributed by atoms with van der Waals surface area (Å²) in [5.41, 5.74) is 0.992. The van der Waals surface area contributed by atoms with Gasteiger partial charge in [-0.1, -0.05) is 13.8 Å². The number of nitrogens with one attached hydrogen (secondary N) is 1. The molecule has 1 rings (SSSR count). The summed E-state index contributed by atoms with van der Waals surface area (Å²) < 4.78 is 0. The standard InChI is InChI=1S/C14H23N3O2/c1-10(2)12(18)8-14(19)16-9-11-5-6-15-13(7-11)17(3)4/h5-7,10,12,18H,8-9H2,1-4H3,(H,16,19). The number of nitrogens with zero attached hydrogens (tertiary/aromatic N) is 2. The predicted molar refractivity (Wildman–Crippen MR) is 75.9 cm³/mol. The quantitative estimate of drug-likeness (QED) is 0.810. The van der Waals surface area contributed by atoms with Gasteiger partial charge in [-0.3, -0.25) is 4.79 Å². The Morgan fingerprint density at radius 3 is 2.74 bits per heavy atom. The van der Waals surface area contributed by atoms with Gasteiger partial charge in [-0.25, -0.2) is 4.98 Å². The van der Waals surface area contributed by atoms with E-state index >= 15 is 0 Å². The third kappa shape index (κ3) is 5.26. The predicted octanol–water partition coefficient (Wildman–Crippen LogP) is 1.17. The molecule has 5 heteroatoms. The molecule has 19 heavy (non-hydrogen) atoms. The summed E-state index contributed by atoms with van der Waals surface area (Å²) >= 11 is 0. The molecule has 0 aliphatic rings. The molecule has 0 aromatic carbocycles. The van der Waals surface area contributed by atoms with Crippen LogP contribution in [0.1, 0.15) is 25.8 Å². The molecule has 0 bridgehead atoms. The normalized spacial score (nSPS) is 12.3. The summed E-state index contributed by atoms with van der Waals surface area (Å²) in [7, 11) is 3.84. The molecule has 1 amide bonds. The van der Waals surface area contributed by atoms with E-state index in [0.29, 0.717) is 6.54 Å². The second kappa shape index (κ2) is 7.09. The summed E-state index contributed by atoms with van der Waals surface area (Å²) in [6.07, 6.45) is 1.28. The highest BCUT2D eigenvalue weighted by Crippen LogP contribution is 2.10. The minimum absolute atomic E-state index is 0.0898. The molecule has 2 N–H and O–H groups in total. The van der Waals surface area contributed by atoms with Crippen LogP contribution in [0.25, 0.3) is 0 Å². The van der Waals surface area contributed by atoms with E-state index < -0.39 is 6.10 Å². The lowest BCUT2D eigenvalue weighted by Crippen LogP contribution is -2.29. The summed E-state index contributed by atoms with van der Waals surface area (Å²) in [5.74, 6) is 0.811. The Hall–Kier alpha value is -1.62. The van der Waals surface area contributed by atoms with E-state index in [0.717, 1.165) is 11.4 Å². The summed E-state index contributed by atoms with van der Waals surface area (Å²) in [6.45, 7) is 4.24. The average Bonchev–Trinajstić information content (AvgIpc) is 2.36. The van der Waals surface area contributed by atoms with Crippen LogP contribution in [-0.2, 0) is 11.3 Å². The molecule has 0 radical (unpaired) electrons. The number of aromatic nitrogens is 1. The number of hydrogen-bond donors (Lipinski definition) is 2. The lowest BCUT2D eigenvalue weighted by molar-refractivity contribution is -0.123. The zero-order valence-corrected chi connectivity index (χ0v) is 12.1. The van der Waals surface area contributed by atoms with Gasteiger partial charge in [0.15, 0.2) is 0 Å². The Morgan fingerprint density at radius 1 is 1.47 bits per heavy atom. The maximum atomic E-state index is 11.7. The van der Waals surface area contributed by atoms with Gasteiger partial charge in [-0.05, 0) is 23.6 Å². The molecule has 0 saturated carbocycles. The minimum atomic E-state index is -0.588. The van der Waals surface area contributed by atoms with Gasteiger partial charge >= 0.3 is 0 Å². The lowest BCUT2D eigenvalue weighted by Gasteiger charge is -2.15. The van der Waals surface area contributed by atoms with E-state index in [2.05, 4.69) is 10.3 Å². The molecular formula is C14H23N3O2. The Bertz CT molecular complexity index is 419. The van der Waals surface area contributed by atoms with Crippen molar-refractivity contribution >= 4 is 11.7 Å². The van der Waals surface area contributed by atoms with E-state index in [1.54, 1.807) is 6.20 Å². The van der Waals surface area contributed by atoms with E-state index in [-0.39, 0.29) is 18.2 Å². The molecule has 0 aliphatic carbocycles. The number of rotatable bonds is 6.